The van der Waals surface area contributed by atoms with Gasteiger partial charge < -0.3 is 24.4 Å². The first-order valence-corrected chi connectivity index (χ1v) is 8.82. The zero-order valence-corrected chi connectivity index (χ0v) is 16.6. The van der Waals surface area contributed by atoms with Gasteiger partial charge in [-0.2, -0.15) is 0 Å². The van der Waals surface area contributed by atoms with Crippen LogP contribution >= 0.6 is 0 Å². The molecule has 0 fully saturated rings. The molecule has 0 radical (unpaired) electrons. The molecule has 2 aromatic carbocycles. The van der Waals surface area contributed by atoms with E-state index in [9.17, 15) is 15.0 Å². The molecule has 152 valence electrons. The SMILES string of the molecule is COc1cccc(/C=C/C(=O)C=C(O)/C=C/c2cccc(CO)c2OC)c1OC. The standard InChI is InChI=1S/C23H24O6/c1-27-21-9-5-7-17(23(21)29-3)11-13-20(26)14-19(25)12-10-16-6-4-8-18(15-24)22(16)28-2/h4-14,24-25H,15H2,1-3H3/b12-10+,13-11+,19-14?. The van der Waals surface area contributed by atoms with Gasteiger partial charge in [-0.15, -0.1) is 0 Å². The zero-order valence-electron chi connectivity index (χ0n) is 16.6. The first kappa shape index (κ1) is 21.8. The summed E-state index contributed by atoms with van der Waals surface area (Å²) in [7, 11) is 4.56. The molecule has 29 heavy (non-hydrogen) atoms. The van der Waals surface area contributed by atoms with Crippen LogP contribution in [0.15, 0.2) is 60.4 Å². The fourth-order valence-electron chi connectivity index (χ4n) is 2.74. The molecule has 0 bridgehead atoms. The molecule has 0 heterocycles. The third kappa shape index (κ3) is 5.73. The molecule has 0 amide bonds. The number of carbonyl (C=O) groups excluding carboxylic acids is 1. The lowest BCUT2D eigenvalue weighted by molar-refractivity contribution is -0.110. The summed E-state index contributed by atoms with van der Waals surface area (Å²) in [6, 6.07) is 10.6. The Morgan fingerprint density at radius 1 is 0.897 bits per heavy atom. The van der Waals surface area contributed by atoms with Crippen molar-refractivity contribution in [2.24, 2.45) is 0 Å². The fraction of sp³-hybridized carbons (Fsp3) is 0.174. The Morgan fingerprint density at radius 2 is 1.52 bits per heavy atom. The van der Waals surface area contributed by atoms with E-state index in [1.807, 2.05) is 0 Å². The highest BCUT2D eigenvalue weighted by Crippen LogP contribution is 2.31. The Hall–Kier alpha value is -3.51. The van der Waals surface area contributed by atoms with Gasteiger partial charge in [0.05, 0.1) is 27.9 Å². The first-order valence-electron chi connectivity index (χ1n) is 8.82. The number of methoxy groups -OCH3 is 3. The summed E-state index contributed by atoms with van der Waals surface area (Å²) in [5.74, 6) is 0.975. The quantitative estimate of drug-likeness (QED) is 0.379. The van der Waals surface area contributed by atoms with Crippen molar-refractivity contribution >= 4 is 17.9 Å². The van der Waals surface area contributed by atoms with Crippen LogP contribution in [-0.4, -0.2) is 37.3 Å². The minimum Gasteiger partial charge on any atom is -0.508 e. The number of carbonyl (C=O) groups is 1. The average molecular weight is 396 g/mol. The van der Waals surface area contributed by atoms with E-state index in [0.717, 1.165) is 6.08 Å². The Bertz CT molecular complexity index is 940. The van der Waals surface area contributed by atoms with Crippen LogP contribution in [0.5, 0.6) is 17.2 Å². The van der Waals surface area contributed by atoms with Gasteiger partial charge in [-0.1, -0.05) is 30.3 Å². The Labute approximate surface area is 170 Å². The first-order chi connectivity index (χ1) is 14.0. The number of allylic oxidation sites excluding steroid dienone is 3. The van der Waals surface area contributed by atoms with E-state index < -0.39 is 5.78 Å². The van der Waals surface area contributed by atoms with Crippen molar-refractivity contribution in [3.8, 4) is 17.2 Å². The number of ketones is 1. The van der Waals surface area contributed by atoms with Crippen molar-refractivity contribution in [3.05, 3.63) is 77.1 Å². The van der Waals surface area contributed by atoms with Gasteiger partial charge in [0.25, 0.3) is 0 Å². The number of benzene rings is 2. The van der Waals surface area contributed by atoms with Crippen LogP contribution in [0.4, 0.5) is 0 Å². The van der Waals surface area contributed by atoms with Crippen molar-refractivity contribution < 1.29 is 29.2 Å². The van der Waals surface area contributed by atoms with Crippen LogP contribution in [0, 0.1) is 0 Å². The van der Waals surface area contributed by atoms with E-state index in [1.165, 1.54) is 33.5 Å². The lowest BCUT2D eigenvalue weighted by Gasteiger charge is -2.09. The number of para-hydroxylation sites is 2. The number of aliphatic hydroxyl groups is 2. The number of hydrogen-bond acceptors (Lipinski definition) is 6. The summed E-state index contributed by atoms with van der Waals surface area (Å²) in [4.78, 5) is 12.1. The van der Waals surface area contributed by atoms with E-state index in [1.54, 1.807) is 48.6 Å². The summed E-state index contributed by atoms with van der Waals surface area (Å²) in [6.07, 6.45) is 7.00. The molecule has 0 aliphatic carbocycles. The summed E-state index contributed by atoms with van der Waals surface area (Å²) in [5.41, 5.74) is 1.97. The number of rotatable bonds is 9. The maximum atomic E-state index is 12.1. The minimum atomic E-state index is -0.395. The summed E-state index contributed by atoms with van der Waals surface area (Å²) >= 11 is 0. The fourth-order valence-corrected chi connectivity index (χ4v) is 2.74. The Kier molecular flexibility index (Phi) is 8.06. The second-order valence-electron chi connectivity index (χ2n) is 5.92. The molecule has 0 spiro atoms. The van der Waals surface area contributed by atoms with Crippen molar-refractivity contribution in [2.45, 2.75) is 6.61 Å². The van der Waals surface area contributed by atoms with Gasteiger partial charge in [-0.05, 0) is 30.4 Å². The Balaban J connectivity index is 2.16. The molecule has 6 heteroatoms. The maximum Gasteiger partial charge on any atom is 0.182 e. The molecule has 0 aliphatic heterocycles. The number of aliphatic hydroxyl groups excluding tert-OH is 2. The molecule has 0 aromatic heterocycles. The highest BCUT2D eigenvalue weighted by Gasteiger charge is 2.08. The smallest absolute Gasteiger partial charge is 0.182 e. The van der Waals surface area contributed by atoms with Crippen molar-refractivity contribution in [1.29, 1.82) is 0 Å². The van der Waals surface area contributed by atoms with Crippen LogP contribution in [0.2, 0.25) is 0 Å². The molecule has 2 rings (SSSR count). The molecule has 2 aromatic rings. The molecular weight excluding hydrogens is 372 g/mol. The third-order valence-electron chi connectivity index (χ3n) is 4.09. The predicted molar refractivity (Wildman–Crippen MR) is 112 cm³/mol. The second-order valence-corrected chi connectivity index (χ2v) is 5.92. The summed E-state index contributed by atoms with van der Waals surface area (Å²) in [5, 5.41) is 19.4. The highest BCUT2D eigenvalue weighted by molar-refractivity contribution is 6.02. The number of ether oxygens (including phenoxy) is 3. The van der Waals surface area contributed by atoms with E-state index in [-0.39, 0.29) is 12.4 Å². The van der Waals surface area contributed by atoms with E-state index in [4.69, 9.17) is 14.2 Å². The van der Waals surface area contributed by atoms with Gasteiger partial charge >= 0.3 is 0 Å². The van der Waals surface area contributed by atoms with E-state index in [0.29, 0.717) is 33.9 Å². The average Bonchev–Trinajstić information content (AvgIpc) is 2.75. The van der Waals surface area contributed by atoms with Crippen LogP contribution in [-0.2, 0) is 11.4 Å². The molecule has 0 unspecified atom stereocenters. The van der Waals surface area contributed by atoms with Gasteiger partial charge in [0.2, 0.25) is 0 Å². The highest BCUT2D eigenvalue weighted by atomic mass is 16.5. The van der Waals surface area contributed by atoms with E-state index in [2.05, 4.69) is 0 Å². The van der Waals surface area contributed by atoms with Crippen molar-refractivity contribution in [3.63, 3.8) is 0 Å². The molecule has 2 N–H and O–H groups in total. The molecule has 6 nitrogen and oxygen atoms in total. The predicted octanol–water partition coefficient (Wildman–Crippen LogP) is 3.94. The van der Waals surface area contributed by atoms with Crippen LogP contribution in [0.1, 0.15) is 16.7 Å². The normalized spacial score (nSPS) is 11.8. The third-order valence-corrected chi connectivity index (χ3v) is 4.09. The summed E-state index contributed by atoms with van der Waals surface area (Å²) in [6.45, 7) is -0.163. The van der Waals surface area contributed by atoms with Gasteiger partial charge in [0.1, 0.15) is 11.5 Å². The van der Waals surface area contributed by atoms with Crippen LogP contribution in [0.3, 0.4) is 0 Å². The largest absolute Gasteiger partial charge is 0.508 e. The van der Waals surface area contributed by atoms with Gasteiger partial charge in [0, 0.05) is 22.8 Å². The van der Waals surface area contributed by atoms with Gasteiger partial charge in [0.15, 0.2) is 17.3 Å². The summed E-state index contributed by atoms with van der Waals surface area (Å²) < 4.78 is 15.8. The second kappa shape index (κ2) is 10.7. The topological polar surface area (TPSA) is 85.2 Å². The maximum absolute atomic E-state index is 12.1. The molecular formula is C23H24O6. The minimum absolute atomic E-state index is 0.163. The van der Waals surface area contributed by atoms with Crippen LogP contribution < -0.4 is 14.2 Å². The molecule has 0 aliphatic rings. The number of hydrogen-bond donors (Lipinski definition) is 2. The van der Waals surface area contributed by atoms with Gasteiger partial charge in [-0.25, -0.2) is 0 Å². The van der Waals surface area contributed by atoms with Crippen molar-refractivity contribution in [1.82, 2.24) is 0 Å². The molecule has 0 atom stereocenters. The van der Waals surface area contributed by atoms with Gasteiger partial charge in [-0.3, -0.25) is 4.79 Å². The van der Waals surface area contributed by atoms with Crippen LogP contribution in [0.25, 0.3) is 12.2 Å². The lowest BCUT2D eigenvalue weighted by Crippen LogP contribution is -1.94. The molecule has 0 saturated carbocycles. The monoisotopic (exact) mass is 396 g/mol. The van der Waals surface area contributed by atoms with Crippen molar-refractivity contribution in [2.75, 3.05) is 21.3 Å². The Morgan fingerprint density at radius 3 is 2.14 bits per heavy atom. The van der Waals surface area contributed by atoms with E-state index >= 15 is 0 Å². The zero-order chi connectivity index (χ0) is 21.2. The molecule has 0 saturated heterocycles. The lowest BCUT2D eigenvalue weighted by atomic mass is 10.1.